The van der Waals surface area contributed by atoms with E-state index in [0.717, 1.165) is 12.1 Å². The molecule has 0 unspecified atom stereocenters. The molecule has 2 amide bonds. The normalized spacial score (nSPS) is 14.9. The minimum absolute atomic E-state index is 0.0150. The number of hydrogen-bond donors (Lipinski definition) is 1. The third-order valence-corrected chi connectivity index (χ3v) is 4.27. The monoisotopic (exact) mass is 359 g/mol. The van der Waals surface area contributed by atoms with Gasteiger partial charge in [0.25, 0.3) is 5.91 Å². The molecule has 0 aromatic heterocycles. The largest absolute Gasteiger partial charge is 0.336 e. The fraction of sp³-hybridized carbons (Fsp3) is 0.263. The molecule has 0 spiro atoms. The van der Waals surface area contributed by atoms with E-state index in [9.17, 15) is 18.4 Å². The zero-order valence-corrected chi connectivity index (χ0v) is 14.1. The number of anilines is 1. The smallest absolute Gasteiger partial charge is 0.253 e. The second kappa shape index (κ2) is 8.05. The summed E-state index contributed by atoms with van der Waals surface area (Å²) in [6, 6.07) is 12.4. The van der Waals surface area contributed by atoms with Crippen molar-refractivity contribution in [1.82, 2.24) is 9.80 Å². The molecule has 1 aliphatic rings. The summed E-state index contributed by atoms with van der Waals surface area (Å²) in [6.07, 6.45) is 0. The summed E-state index contributed by atoms with van der Waals surface area (Å²) in [6.45, 7) is 2.04. The number of nitrogens with zero attached hydrogens (tertiary/aromatic N) is 2. The first-order valence-electron chi connectivity index (χ1n) is 8.35. The number of piperazine rings is 1. The van der Waals surface area contributed by atoms with E-state index in [4.69, 9.17) is 0 Å². The van der Waals surface area contributed by atoms with Gasteiger partial charge in [0.2, 0.25) is 5.91 Å². The first-order chi connectivity index (χ1) is 12.5. The molecular weight excluding hydrogens is 340 g/mol. The predicted molar refractivity (Wildman–Crippen MR) is 93.8 cm³/mol. The maximum atomic E-state index is 13.6. The highest BCUT2D eigenvalue weighted by Gasteiger charge is 2.23. The molecule has 2 aromatic rings. The van der Waals surface area contributed by atoms with Crippen molar-refractivity contribution in [2.24, 2.45) is 0 Å². The molecule has 0 aliphatic carbocycles. The fourth-order valence-corrected chi connectivity index (χ4v) is 2.87. The second-order valence-corrected chi connectivity index (χ2v) is 6.08. The summed E-state index contributed by atoms with van der Waals surface area (Å²) >= 11 is 0. The van der Waals surface area contributed by atoms with Gasteiger partial charge in [-0.15, -0.1) is 0 Å². The van der Waals surface area contributed by atoms with Crippen molar-refractivity contribution in [1.29, 1.82) is 0 Å². The molecule has 0 bridgehead atoms. The molecule has 1 fully saturated rings. The molecule has 1 N–H and O–H groups in total. The zero-order valence-electron chi connectivity index (χ0n) is 14.1. The number of hydrogen-bond acceptors (Lipinski definition) is 3. The minimum Gasteiger partial charge on any atom is -0.336 e. The maximum absolute atomic E-state index is 13.6. The molecule has 136 valence electrons. The van der Waals surface area contributed by atoms with E-state index in [1.165, 1.54) is 6.07 Å². The van der Waals surface area contributed by atoms with Crippen molar-refractivity contribution >= 4 is 17.5 Å². The Morgan fingerprint density at radius 3 is 2.12 bits per heavy atom. The van der Waals surface area contributed by atoms with Gasteiger partial charge in [0.15, 0.2) is 0 Å². The molecule has 0 atom stereocenters. The van der Waals surface area contributed by atoms with Gasteiger partial charge < -0.3 is 10.2 Å². The third-order valence-electron chi connectivity index (χ3n) is 4.27. The van der Waals surface area contributed by atoms with Gasteiger partial charge in [0, 0.05) is 31.7 Å². The number of rotatable bonds is 4. The number of carbonyl (C=O) groups excluding carboxylic acids is 2. The number of amides is 2. The number of halogens is 2. The van der Waals surface area contributed by atoms with E-state index >= 15 is 0 Å². The van der Waals surface area contributed by atoms with Crippen LogP contribution in [0.2, 0.25) is 0 Å². The summed E-state index contributed by atoms with van der Waals surface area (Å²) in [5.41, 5.74) is 0.198. The molecule has 7 heteroatoms. The number of nitrogens with one attached hydrogen (secondary N) is 1. The van der Waals surface area contributed by atoms with Crippen molar-refractivity contribution in [2.45, 2.75) is 0 Å². The van der Waals surface area contributed by atoms with Crippen LogP contribution in [0.15, 0.2) is 48.5 Å². The van der Waals surface area contributed by atoms with E-state index in [1.54, 1.807) is 17.0 Å². The Balaban J connectivity index is 1.51. The Morgan fingerprint density at radius 1 is 0.885 bits per heavy atom. The quantitative estimate of drug-likeness (QED) is 0.912. The molecule has 0 saturated carbocycles. The summed E-state index contributed by atoms with van der Waals surface area (Å²) in [5.74, 6) is -2.15. The van der Waals surface area contributed by atoms with Crippen LogP contribution < -0.4 is 5.32 Å². The molecule has 3 rings (SSSR count). The molecule has 0 radical (unpaired) electrons. The van der Waals surface area contributed by atoms with Crippen LogP contribution in [0.25, 0.3) is 0 Å². The second-order valence-electron chi connectivity index (χ2n) is 6.08. The number of benzene rings is 2. The highest BCUT2D eigenvalue weighted by atomic mass is 19.1. The van der Waals surface area contributed by atoms with Crippen LogP contribution in [0.3, 0.4) is 0 Å². The van der Waals surface area contributed by atoms with Crippen molar-refractivity contribution < 1.29 is 18.4 Å². The summed E-state index contributed by atoms with van der Waals surface area (Å²) in [4.78, 5) is 28.0. The van der Waals surface area contributed by atoms with Crippen molar-refractivity contribution in [3.05, 3.63) is 65.7 Å². The van der Waals surface area contributed by atoms with Crippen LogP contribution in [0, 0.1) is 11.6 Å². The van der Waals surface area contributed by atoms with Crippen molar-refractivity contribution in [2.75, 3.05) is 38.0 Å². The summed E-state index contributed by atoms with van der Waals surface area (Å²) < 4.78 is 27.2. The highest BCUT2D eigenvalue weighted by Crippen LogP contribution is 2.18. The van der Waals surface area contributed by atoms with Crippen molar-refractivity contribution in [3.8, 4) is 0 Å². The van der Waals surface area contributed by atoms with E-state index < -0.39 is 23.2 Å². The third kappa shape index (κ3) is 4.23. The van der Waals surface area contributed by atoms with Gasteiger partial charge in [0.05, 0.1) is 6.54 Å². The minimum atomic E-state index is -0.809. The van der Waals surface area contributed by atoms with Crippen molar-refractivity contribution in [3.63, 3.8) is 0 Å². The maximum Gasteiger partial charge on any atom is 0.253 e. The standard InChI is InChI=1S/C19H19F2N3O2/c20-15-7-4-8-16(21)18(15)22-17(25)13-23-9-11-24(12-10-23)19(26)14-5-2-1-3-6-14/h1-8H,9-13H2,(H,22,25). The zero-order chi connectivity index (χ0) is 18.5. The Hall–Kier alpha value is -2.80. The first-order valence-corrected chi connectivity index (χ1v) is 8.35. The van der Waals surface area contributed by atoms with Crippen LogP contribution in [0.1, 0.15) is 10.4 Å². The van der Waals surface area contributed by atoms with Gasteiger partial charge in [-0.05, 0) is 24.3 Å². The lowest BCUT2D eigenvalue weighted by Gasteiger charge is -2.34. The van der Waals surface area contributed by atoms with Crippen LogP contribution in [0.4, 0.5) is 14.5 Å². The lowest BCUT2D eigenvalue weighted by Crippen LogP contribution is -2.50. The lowest BCUT2D eigenvalue weighted by molar-refractivity contribution is -0.117. The number of carbonyl (C=O) groups is 2. The van der Waals surface area contributed by atoms with Crippen LogP contribution in [-0.4, -0.2) is 54.3 Å². The van der Waals surface area contributed by atoms with Gasteiger partial charge >= 0.3 is 0 Å². The topological polar surface area (TPSA) is 52.7 Å². The fourth-order valence-electron chi connectivity index (χ4n) is 2.87. The predicted octanol–water partition coefficient (Wildman–Crippen LogP) is 2.36. The van der Waals surface area contributed by atoms with Gasteiger partial charge in [-0.1, -0.05) is 24.3 Å². The van der Waals surface area contributed by atoms with Crippen LogP contribution in [0.5, 0.6) is 0 Å². The SMILES string of the molecule is O=C(CN1CCN(C(=O)c2ccccc2)CC1)Nc1c(F)cccc1F. The van der Waals surface area contributed by atoms with Gasteiger partial charge in [-0.3, -0.25) is 14.5 Å². The van der Waals surface area contributed by atoms with Gasteiger partial charge in [-0.2, -0.15) is 0 Å². The Kier molecular flexibility index (Phi) is 5.58. The molecule has 1 heterocycles. The van der Waals surface area contributed by atoms with Crippen LogP contribution in [-0.2, 0) is 4.79 Å². The highest BCUT2D eigenvalue weighted by molar-refractivity contribution is 5.94. The molecule has 5 nitrogen and oxygen atoms in total. The molecule has 1 aliphatic heterocycles. The Morgan fingerprint density at radius 2 is 1.50 bits per heavy atom. The van der Waals surface area contributed by atoms with Gasteiger partial charge in [0.1, 0.15) is 17.3 Å². The van der Waals surface area contributed by atoms with Crippen LogP contribution >= 0.6 is 0 Å². The number of para-hydroxylation sites is 1. The summed E-state index contributed by atoms with van der Waals surface area (Å²) in [7, 11) is 0. The van der Waals surface area contributed by atoms with E-state index in [0.29, 0.717) is 31.7 Å². The Bertz CT molecular complexity index is 770. The average Bonchev–Trinajstić information content (AvgIpc) is 2.66. The summed E-state index contributed by atoms with van der Waals surface area (Å²) in [5, 5.41) is 2.27. The average molecular weight is 359 g/mol. The van der Waals surface area contributed by atoms with E-state index in [2.05, 4.69) is 5.32 Å². The van der Waals surface area contributed by atoms with E-state index in [-0.39, 0.29) is 12.5 Å². The lowest BCUT2D eigenvalue weighted by atomic mass is 10.2. The van der Waals surface area contributed by atoms with E-state index in [1.807, 2.05) is 23.1 Å². The Labute approximate surface area is 150 Å². The van der Waals surface area contributed by atoms with Gasteiger partial charge in [-0.25, -0.2) is 8.78 Å². The molecular formula is C19H19F2N3O2. The molecule has 26 heavy (non-hydrogen) atoms. The molecule has 2 aromatic carbocycles. The molecule has 1 saturated heterocycles. The first kappa shape index (κ1) is 18.0.